The number of hydrogen-bond acceptors (Lipinski definition) is 1. The molecule has 1 heteroatoms. The summed E-state index contributed by atoms with van der Waals surface area (Å²) in [5, 5.41) is 0. The van der Waals surface area contributed by atoms with Crippen LogP contribution in [0.4, 0.5) is 0 Å². The van der Waals surface area contributed by atoms with Crippen LogP contribution in [0.5, 0.6) is 0 Å². The molecule has 0 aromatic rings. The molecule has 0 saturated heterocycles. The van der Waals surface area contributed by atoms with Crippen LogP contribution in [0.2, 0.25) is 0 Å². The fourth-order valence-corrected chi connectivity index (χ4v) is 3.19. The molecular weight excluding hydrogens is 278 g/mol. The molecule has 0 aliphatic rings. The van der Waals surface area contributed by atoms with Crippen molar-refractivity contribution in [2.45, 2.75) is 80.1 Å². The molecule has 1 nitrogen and oxygen atoms in total. The van der Waals surface area contributed by atoms with Crippen molar-refractivity contribution in [3.63, 3.8) is 0 Å². The summed E-state index contributed by atoms with van der Waals surface area (Å²) in [4.78, 5) is 2.63. The summed E-state index contributed by atoms with van der Waals surface area (Å²) >= 11 is 0. The van der Waals surface area contributed by atoms with Crippen molar-refractivity contribution in [3.8, 4) is 0 Å². The predicted octanol–water partition coefficient (Wildman–Crippen LogP) is 6.77. The molecule has 0 aromatic carbocycles. The SMILES string of the molecule is C\C=C/C(C)=C(/C=C\C)CC(C)CCCCN(CCC)CCC. The first kappa shape index (κ1) is 22.2. The van der Waals surface area contributed by atoms with Gasteiger partial charge in [-0.2, -0.15) is 0 Å². The Labute approximate surface area is 146 Å². The van der Waals surface area contributed by atoms with E-state index < -0.39 is 0 Å². The van der Waals surface area contributed by atoms with Crippen molar-refractivity contribution in [2.75, 3.05) is 19.6 Å². The van der Waals surface area contributed by atoms with Gasteiger partial charge in [-0.25, -0.2) is 0 Å². The van der Waals surface area contributed by atoms with Crippen LogP contribution in [0.3, 0.4) is 0 Å². The molecule has 1 atom stereocenters. The lowest BCUT2D eigenvalue weighted by atomic mass is 9.93. The van der Waals surface area contributed by atoms with Gasteiger partial charge in [0.05, 0.1) is 0 Å². The zero-order valence-electron chi connectivity index (χ0n) is 16.7. The lowest BCUT2D eigenvalue weighted by molar-refractivity contribution is 0.265. The zero-order chi connectivity index (χ0) is 17.5. The Kier molecular flexibility index (Phi) is 14.2. The fraction of sp³-hybridized carbons (Fsp3) is 0.727. The minimum atomic E-state index is 0.771. The highest BCUT2D eigenvalue weighted by Gasteiger charge is 2.07. The smallest absolute Gasteiger partial charge is 0.00187 e. The molecule has 0 fully saturated rings. The molecule has 0 saturated carbocycles. The van der Waals surface area contributed by atoms with E-state index >= 15 is 0 Å². The van der Waals surface area contributed by atoms with Gasteiger partial charge in [0, 0.05) is 0 Å². The predicted molar refractivity (Wildman–Crippen MR) is 107 cm³/mol. The van der Waals surface area contributed by atoms with Gasteiger partial charge < -0.3 is 4.90 Å². The highest BCUT2D eigenvalue weighted by Crippen LogP contribution is 2.22. The maximum Gasteiger partial charge on any atom is -0.00187 e. The van der Waals surface area contributed by atoms with E-state index in [-0.39, 0.29) is 0 Å². The van der Waals surface area contributed by atoms with E-state index in [1.807, 2.05) is 0 Å². The van der Waals surface area contributed by atoms with Crippen LogP contribution in [-0.4, -0.2) is 24.5 Å². The molecule has 0 N–H and O–H groups in total. The normalized spacial score (nSPS) is 14.9. The Bertz CT molecular complexity index is 356. The molecule has 0 aromatic heterocycles. The minimum absolute atomic E-state index is 0.771. The quantitative estimate of drug-likeness (QED) is 0.267. The van der Waals surface area contributed by atoms with Gasteiger partial charge in [-0.05, 0) is 83.2 Å². The van der Waals surface area contributed by atoms with Crippen LogP contribution in [-0.2, 0) is 0 Å². The molecule has 0 aliphatic heterocycles. The van der Waals surface area contributed by atoms with Gasteiger partial charge >= 0.3 is 0 Å². The third-order valence-corrected chi connectivity index (χ3v) is 4.36. The zero-order valence-corrected chi connectivity index (χ0v) is 16.7. The fourth-order valence-electron chi connectivity index (χ4n) is 3.19. The van der Waals surface area contributed by atoms with Crippen molar-refractivity contribution < 1.29 is 0 Å². The summed E-state index contributed by atoms with van der Waals surface area (Å²) in [5.41, 5.74) is 2.91. The van der Waals surface area contributed by atoms with Crippen LogP contribution in [0, 0.1) is 5.92 Å². The van der Waals surface area contributed by atoms with Gasteiger partial charge in [0.15, 0.2) is 0 Å². The van der Waals surface area contributed by atoms with E-state index in [1.165, 1.54) is 69.3 Å². The largest absolute Gasteiger partial charge is 0.303 e. The molecule has 0 aliphatic carbocycles. The number of nitrogens with zero attached hydrogens (tertiary/aromatic N) is 1. The Morgan fingerprint density at radius 3 is 2.04 bits per heavy atom. The maximum absolute atomic E-state index is 2.63. The first-order valence-electron chi connectivity index (χ1n) is 9.76. The molecular formula is C22H41N. The average molecular weight is 320 g/mol. The summed E-state index contributed by atoms with van der Waals surface area (Å²) in [5.74, 6) is 0.771. The van der Waals surface area contributed by atoms with Crippen molar-refractivity contribution in [1.82, 2.24) is 4.90 Å². The van der Waals surface area contributed by atoms with Crippen LogP contribution >= 0.6 is 0 Å². The standard InChI is InChI=1S/C22H41N/c1-7-13-21(6)22(14-8-2)19-20(5)15-11-12-18-23(16-9-3)17-10-4/h7-8,13-14,20H,9-12,15-19H2,1-6H3/b13-7-,14-8-,22-21-. The van der Waals surface area contributed by atoms with Crippen molar-refractivity contribution in [2.24, 2.45) is 5.92 Å². The van der Waals surface area contributed by atoms with E-state index in [9.17, 15) is 0 Å². The molecule has 0 bridgehead atoms. The summed E-state index contributed by atoms with van der Waals surface area (Å²) in [6, 6.07) is 0. The molecule has 0 spiro atoms. The van der Waals surface area contributed by atoms with E-state index in [0.717, 1.165) is 5.92 Å². The lowest BCUT2D eigenvalue weighted by Crippen LogP contribution is -2.26. The van der Waals surface area contributed by atoms with E-state index in [1.54, 1.807) is 0 Å². The molecule has 0 radical (unpaired) electrons. The molecule has 134 valence electrons. The first-order chi connectivity index (χ1) is 11.1. The Balaban J connectivity index is 4.23. The lowest BCUT2D eigenvalue weighted by Gasteiger charge is -2.21. The van der Waals surface area contributed by atoms with Crippen molar-refractivity contribution >= 4 is 0 Å². The van der Waals surface area contributed by atoms with Crippen molar-refractivity contribution in [1.29, 1.82) is 0 Å². The molecule has 0 rings (SSSR count). The summed E-state index contributed by atoms with van der Waals surface area (Å²) in [6.07, 6.45) is 16.6. The van der Waals surface area contributed by atoms with Crippen LogP contribution in [0.1, 0.15) is 80.1 Å². The Morgan fingerprint density at radius 2 is 1.52 bits per heavy atom. The topological polar surface area (TPSA) is 3.24 Å². The molecule has 0 heterocycles. The van der Waals surface area contributed by atoms with E-state index in [4.69, 9.17) is 0 Å². The molecule has 1 unspecified atom stereocenters. The van der Waals surface area contributed by atoms with Gasteiger partial charge in [0.25, 0.3) is 0 Å². The summed E-state index contributed by atoms with van der Waals surface area (Å²) in [7, 11) is 0. The van der Waals surface area contributed by atoms with Crippen LogP contribution in [0.15, 0.2) is 35.5 Å². The second-order valence-electron chi connectivity index (χ2n) is 6.85. The van der Waals surface area contributed by atoms with Crippen LogP contribution < -0.4 is 0 Å². The second-order valence-corrected chi connectivity index (χ2v) is 6.85. The van der Waals surface area contributed by atoms with E-state index in [2.05, 4.69) is 70.7 Å². The summed E-state index contributed by atoms with van der Waals surface area (Å²) in [6.45, 7) is 17.2. The second kappa shape index (κ2) is 14.8. The Morgan fingerprint density at radius 1 is 0.913 bits per heavy atom. The van der Waals surface area contributed by atoms with Gasteiger partial charge in [0.1, 0.15) is 0 Å². The van der Waals surface area contributed by atoms with Crippen molar-refractivity contribution in [3.05, 3.63) is 35.5 Å². The highest BCUT2D eigenvalue weighted by molar-refractivity contribution is 5.31. The number of rotatable bonds is 13. The first-order valence-corrected chi connectivity index (χ1v) is 9.76. The minimum Gasteiger partial charge on any atom is -0.303 e. The number of hydrogen-bond donors (Lipinski definition) is 0. The third-order valence-electron chi connectivity index (χ3n) is 4.36. The third kappa shape index (κ3) is 11.4. The average Bonchev–Trinajstić information content (AvgIpc) is 2.51. The summed E-state index contributed by atoms with van der Waals surface area (Å²) < 4.78 is 0. The van der Waals surface area contributed by atoms with Gasteiger partial charge in [-0.15, -0.1) is 0 Å². The number of unbranched alkanes of at least 4 members (excludes halogenated alkanes) is 1. The Hall–Kier alpha value is -0.820. The highest BCUT2D eigenvalue weighted by atomic mass is 15.1. The van der Waals surface area contributed by atoms with Gasteiger partial charge in [0.2, 0.25) is 0 Å². The monoisotopic (exact) mass is 319 g/mol. The molecule has 23 heavy (non-hydrogen) atoms. The van der Waals surface area contributed by atoms with Gasteiger partial charge in [-0.1, -0.05) is 57.9 Å². The van der Waals surface area contributed by atoms with Crippen LogP contribution in [0.25, 0.3) is 0 Å². The maximum atomic E-state index is 2.63. The molecule has 0 amide bonds. The van der Waals surface area contributed by atoms with E-state index in [0.29, 0.717) is 0 Å². The van der Waals surface area contributed by atoms with Gasteiger partial charge in [-0.3, -0.25) is 0 Å². The number of allylic oxidation sites excluding steroid dienone is 6.